The Kier molecular flexibility index (Phi) is 28.6. The van der Waals surface area contributed by atoms with Crippen molar-refractivity contribution in [2.75, 3.05) is 6.61 Å². The molecule has 0 aromatic carbocycles. The predicted octanol–water partition coefficient (Wildman–Crippen LogP) is 12.0. The summed E-state index contributed by atoms with van der Waals surface area (Å²) >= 11 is 0. The van der Waals surface area contributed by atoms with Gasteiger partial charge in [0.25, 0.3) is 0 Å². The molecular formula is C34H68O2. The molecule has 0 aromatic heterocycles. The highest BCUT2D eigenvalue weighted by Crippen LogP contribution is 2.19. The Morgan fingerprint density at radius 3 is 1.25 bits per heavy atom. The van der Waals surface area contributed by atoms with Crippen LogP contribution in [0.25, 0.3) is 0 Å². The smallest absolute Gasteiger partial charge is 0.305 e. The summed E-state index contributed by atoms with van der Waals surface area (Å²) in [7, 11) is 0. The van der Waals surface area contributed by atoms with E-state index in [1.807, 2.05) is 0 Å². The van der Waals surface area contributed by atoms with Crippen LogP contribution >= 0.6 is 0 Å². The second-order valence-electron chi connectivity index (χ2n) is 12.1. The molecule has 0 radical (unpaired) electrons. The van der Waals surface area contributed by atoms with Crippen molar-refractivity contribution in [3.63, 3.8) is 0 Å². The Hall–Kier alpha value is -0.530. The summed E-state index contributed by atoms with van der Waals surface area (Å²) in [4.78, 5) is 12.1. The lowest BCUT2D eigenvalue weighted by Gasteiger charge is -2.17. The largest absolute Gasteiger partial charge is 0.465 e. The number of rotatable bonds is 29. The molecule has 1 unspecified atom stereocenters. The standard InChI is InChI=1S/C34H68O2/c1-5-7-8-9-10-11-12-13-14-15-16-17-18-19-20-21-22-23-24-25-26-28-34(35)36-31-33(27-6-2)30-29-32(3)4/h32-33H,5-31H2,1-4H3. The van der Waals surface area contributed by atoms with Crippen LogP contribution in [0.1, 0.15) is 195 Å². The van der Waals surface area contributed by atoms with Crippen molar-refractivity contribution in [2.24, 2.45) is 11.8 Å². The summed E-state index contributed by atoms with van der Waals surface area (Å²) in [5, 5.41) is 0. The fourth-order valence-electron chi connectivity index (χ4n) is 5.27. The van der Waals surface area contributed by atoms with Crippen molar-refractivity contribution in [3.05, 3.63) is 0 Å². The molecule has 0 fully saturated rings. The van der Waals surface area contributed by atoms with Crippen molar-refractivity contribution >= 4 is 5.97 Å². The molecule has 0 N–H and O–H groups in total. The highest BCUT2D eigenvalue weighted by atomic mass is 16.5. The van der Waals surface area contributed by atoms with Crippen LogP contribution in [0.15, 0.2) is 0 Å². The molecule has 1 atom stereocenters. The lowest BCUT2D eigenvalue weighted by molar-refractivity contribution is -0.145. The van der Waals surface area contributed by atoms with E-state index in [-0.39, 0.29) is 5.97 Å². The van der Waals surface area contributed by atoms with Gasteiger partial charge >= 0.3 is 5.97 Å². The van der Waals surface area contributed by atoms with E-state index in [1.165, 1.54) is 154 Å². The normalized spacial score (nSPS) is 12.4. The molecule has 0 rings (SSSR count). The molecule has 0 bridgehead atoms. The molecule has 2 nitrogen and oxygen atoms in total. The molecule has 36 heavy (non-hydrogen) atoms. The van der Waals surface area contributed by atoms with Crippen LogP contribution in [0.3, 0.4) is 0 Å². The molecule has 0 amide bonds. The first-order valence-electron chi connectivity index (χ1n) is 16.8. The minimum absolute atomic E-state index is 0.0263. The van der Waals surface area contributed by atoms with Crippen molar-refractivity contribution < 1.29 is 9.53 Å². The minimum Gasteiger partial charge on any atom is -0.465 e. The molecule has 0 spiro atoms. The van der Waals surface area contributed by atoms with Crippen LogP contribution in [-0.2, 0) is 9.53 Å². The number of carbonyl (C=O) groups excluding carboxylic acids is 1. The van der Waals surface area contributed by atoms with Gasteiger partial charge < -0.3 is 4.74 Å². The molecule has 0 aliphatic heterocycles. The highest BCUT2D eigenvalue weighted by Gasteiger charge is 2.12. The van der Waals surface area contributed by atoms with E-state index >= 15 is 0 Å². The molecular weight excluding hydrogens is 440 g/mol. The molecule has 0 heterocycles. The SMILES string of the molecule is CCCCCCCCCCCCCCCCCCCCCCCC(=O)OCC(CCC)CCC(C)C. The molecule has 0 saturated carbocycles. The number of esters is 1. The van der Waals surface area contributed by atoms with Crippen LogP contribution in [-0.4, -0.2) is 12.6 Å². The maximum absolute atomic E-state index is 12.1. The van der Waals surface area contributed by atoms with Gasteiger partial charge in [-0.2, -0.15) is 0 Å². The maximum Gasteiger partial charge on any atom is 0.305 e. The van der Waals surface area contributed by atoms with Crippen molar-refractivity contribution in [2.45, 2.75) is 195 Å². The van der Waals surface area contributed by atoms with Crippen LogP contribution in [0, 0.1) is 11.8 Å². The summed E-state index contributed by atoms with van der Waals surface area (Å²) in [5.74, 6) is 1.32. The monoisotopic (exact) mass is 509 g/mol. The van der Waals surface area contributed by atoms with Gasteiger partial charge in [-0.15, -0.1) is 0 Å². The first-order chi connectivity index (χ1) is 17.6. The van der Waals surface area contributed by atoms with Gasteiger partial charge in [0.1, 0.15) is 0 Å². The first-order valence-corrected chi connectivity index (χ1v) is 16.8. The average molecular weight is 509 g/mol. The topological polar surface area (TPSA) is 26.3 Å². The number of unbranched alkanes of at least 4 members (excludes halogenated alkanes) is 20. The molecule has 0 aromatic rings. The van der Waals surface area contributed by atoms with Crippen LogP contribution < -0.4 is 0 Å². The Labute approximate surface area is 228 Å². The van der Waals surface area contributed by atoms with Gasteiger partial charge in [-0.05, 0) is 31.1 Å². The molecule has 2 heteroatoms. The van der Waals surface area contributed by atoms with Crippen molar-refractivity contribution in [1.29, 1.82) is 0 Å². The number of ether oxygens (including phenoxy) is 1. The van der Waals surface area contributed by atoms with Gasteiger partial charge in [0.05, 0.1) is 6.61 Å². The third-order valence-corrected chi connectivity index (χ3v) is 7.81. The Morgan fingerprint density at radius 2 is 0.889 bits per heavy atom. The van der Waals surface area contributed by atoms with E-state index in [9.17, 15) is 4.79 Å². The zero-order chi connectivity index (χ0) is 26.5. The second-order valence-corrected chi connectivity index (χ2v) is 12.1. The fourth-order valence-corrected chi connectivity index (χ4v) is 5.27. The average Bonchev–Trinajstić information content (AvgIpc) is 2.86. The fraction of sp³-hybridized carbons (Fsp3) is 0.971. The van der Waals surface area contributed by atoms with Crippen LogP contribution in [0.2, 0.25) is 0 Å². The van der Waals surface area contributed by atoms with Gasteiger partial charge in [-0.25, -0.2) is 0 Å². The summed E-state index contributed by atoms with van der Waals surface area (Å²) in [6.07, 6.45) is 34.6. The van der Waals surface area contributed by atoms with Gasteiger partial charge in [-0.1, -0.05) is 169 Å². The number of hydrogen-bond donors (Lipinski definition) is 0. The van der Waals surface area contributed by atoms with E-state index in [0.717, 1.165) is 12.3 Å². The van der Waals surface area contributed by atoms with Crippen molar-refractivity contribution in [1.82, 2.24) is 0 Å². The van der Waals surface area contributed by atoms with E-state index in [0.29, 0.717) is 18.9 Å². The minimum atomic E-state index is 0.0263. The molecule has 0 aliphatic rings. The van der Waals surface area contributed by atoms with E-state index in [1.54, 1.807) is 0 Å². The highest BCUT2D eigenvalue weighted by molar-refractivity contribution is 5.69. The van der Waals surface area contributed by atoms with Crippen LogP contribution in [0.5, 0.6) is 0 Å². The van der Waals surface area contributed by atoms with Gasteiger partial charge in [0, 0.05) is 6.42 Å². The predicted molar refractivity (Wildman–Crippen MR) is 161 cm³/mol. The van der Waals surface area contributed by atoms with E-state index in [4.69, 9.17) is 4.74 Å². The molecule has 0 saturated heterocycles. The zero-order valence-electron chi connectivity index (χ0n) is 25.6. The quantitative estimate of drug-likeness (QED) is 0.0741. The Bertz CT molecular complexity index is 431. The summed E-state index contributed by atoms with van der Waals surface area (Å²) in [6.45, 7) is 9.71. The summed E-state index contributed by atoms with van der Waals surface area (Å²) < 4.78 is 5.59. The van der Waals surface area contributed by atoms with Gasteiger partial charge in [0.2, 0.25) is 0 Å². The van der Waals surface area contributed by atoms with E-state index in [2.05, 4.69) is 27.7 Å². The maximum atomic E-state index is 12.1. The van der Waals surface area contributed by atoms with Gasteiger partial charge in [0.15, 0.2) is 0 Å². The van der Waals surface area contributed by atoms with Gasteiger partial charge in [-0.3, -0.25) is 4.79 Å². The second kappa shape index (κ2) is 29.0. The van der Waals surface area contributed by atoms with Crippen LogP contribution in [0.4, 0.5) is 0 Å². The summed E-state index contributed by atoms with van der Waals surface area (Å²) in [6, 6.07) is 0. The lowest BCUT2D eigenvalue weighted by Crippen LogP contribution is -2.15. The lowest BCUT2D eigenvalue weighted by atomic mass is 9.95. The zero-order valence-corrected chi connectivity index (χ0v) is 25.6. The van der Waals surface area contributed by atoms with E-state index < -0.39 is 0 Å². The van der Waals surface area contributed by atoms with Crippen molar-refractivity contribution in [3.8, 4) is 0 Å². The Morgan fingerprint density at radius 1 is 0.500 bits per heavy atom. The Balaban J connectivity index is 3.30. The third-order valence-electron chi connectivity index (χ3n) is 7.81. The summed E-state index contributed by atoms with van der Waals surface area (Å²) in [5.41, 5.74) is 0. The number of hydrogen-bond acceptors (Lipinski definition) is 2. The molecule has 216 valence electrons. The number of carbonyl (C=O) groups is 1. The third kappa shape index (κ3) is 28.0. The molecule has 0 aliphatic carbocycles. The first kappa shape index (κ1) is 35.5.